The maximum absolute atomic E-state index is 11.8. The van der Waals surface area contributed by atoms with Crippen LogP contribution < -0.4 is 0 Å². The van der Waals surface area contributed by atoms with Crippen molar-refractivity contribution in [2.24, 2.45) is 0 Å². The van der Waals surface area contributed by atoms with E-state index in [1.807, 2.05) is 20.8 Å². The zero-order chi connectivity index (χ0) is 12.5. The fraction of sp³-hybridized carbons (Fsp3) is 0.667. The second-order valence-electron chi connectivity index (χ2n) is 5.51. The van der Waals surface area contributed by atoms with Crippen LogP contribution in [0.3, 0.4) is 0 Å². The molecular weight excluding hydrogens is 218 g/mol. The van der Waals surface area contributed by atoms with Gasteiger partial charge in [-0.1, -0.05) is 0 Å². The van der Waals surface area contributed by atoms with Gasteiger partial charge in [0, 0.05) is 11.6 Å². The molecule has 0 amide bonds. The number of ether oxygens (including phenoxy) is 1. The summed E-state index contributed by atoms with van der Waals surface area (Å²) in [5, 5.41) is 7.80. The molecule has 1 aromatic heterocycles. The van der Waals surface area contributed by atoms with Gasteiger partial charge in [-0.2, -0.15) is 5.10 Å². The van der Waals surface area contributed by atoms with Crippen molar-refractivity contribution in [2.75, 3.05) is 0 Å². The SMILES string of the molecule is CC(C)(C)OC(=O)CC1(c2nccnn2)CC1. The minimum absolute atomic E-state index is 0.192. The van der Waals surface area contributed by atoms with E-state index in [1.54, 1.807) is 6.20 Å². The molecule has 0 saturated heterocycles. The molecule has 0 aromatic carbocycles. The summed E-state index contributed by atoms with van der Waals surface area (Å²) in [5.41, 5.74) is -0.667. The number of nitrogens with zero attached hydrogens (tertiary/aromatic N) is 3. The third-order valence-corrected chi connectivity index (χ3v) is 2.71. The van der Waals surface area contributed by atoms with Gasteiger partial charge in [0.25, 0.3) is 0 Å². The molecule has 0 aliphatic heterocycles. The van der Waals surface area contributed by atoms with Crippen LogP contribution in [0.25, 0.3) is 0 Å². The van der Waals surface area contributed by atoms with E-state index < -0.39 is 5.60 Å². The van der Waals surface area contributed by atoms with Gasteiger partial charge in [0.05, 0.1) is 12.6 Å². The van der Waals surface area contributed by atoms with Crippen molar-refractivity contribution in [3.05, 3.63) is 18.2 Å². The van der Waals surface area contributed by atoms with Crippen LogP contribution in [-0.4, -0.2) is 26.8 Å². The molecule has 92 valence electrons. The lowest BCUT2D eigenvalue weighted by Crippen LogP contribution is -2.27. The predicted octanol–water partition coefficient (Wildman–Crippen LogP) is 1.63. The van der Waals surface area contributed by atoms with E-state index in [0.29, 0.717) is 12.2 Å². The first kappa shape index (κ1) is 12.0. The average Bonchev–Trinajstić information content (AvgIpc) is 2.97. The quantitative estimate of drug-likeness (QED) is 0.745. The van der Waals surface area contributed by atoms with Crippen LogP contribution in [-0.2, 0) is 14.9 Å². The minimum Gasteiger partial charge on any atom is -0.460 e. The Bertz CT molecular complexity index is 408. The lowest BCUT2D eigenvalue weighted by atomic mass is 10.0. The van der Waals surface area contributed by atoms with Crippen LogP contribution in [0.5, 0.6) is 0 Å². The van der Waals surface area contributed by atoms with Crippen molar-refractivity contribution in [1.82, 2.24) is 15.2 Å². The van der Waals surface area contributed by atoms with Crippen LogP contribution in [0, 0.1) is 0 Å². The van der Waals surface area contributed by atoms with Crippen molar-refractivity contribution < 1.29 is 9.53 Å². The molecule has 0 bridgehead atoms. The van der Waals surface area contributed by atoms with Gasteiger partial charge in [-0.15, -0.1) is 5.10 Å². The maximum atomic E-state index is 11.8. The predicted molar refractivity (Wildman–Crippen MR) is 61.2 cm³/mol. The van der Waals surface area contributed by atoms with Gasteiger partial charge in [-0.05, 0) is 33.6 Å². The van der Waals surface area contributed by atoms with Crippen LogP contribution in [0.15, 0.2) is 12.4 Å². The zero-order valence-electron chi connectivity index (χ0n) is 10.4. The zero-order valence-corrected chi connectivity index (χ0v) is 10.4. The summed E-state index contributed by atoms with van der Waals surface area (Å²) in [6.07, 6.45) is 5.34. The first-order chi connectivity index (χ1) is 7.91. The molecule has 0 N–H and O–H groups in total. The molecule has 2 rings (SSSR count). The van der Waals surface area contributed by atoms with Crippen LogP contribution in [0.2, 0.25) is 0 Å². The molecule has 1 fully saturated rings. The van der Waals surface area contributed by atoms with Gasteiger partial charge in [0.2, 0.25) is 0 Å². The number of hydrogen-bond acceptors (Lipinski definition) is 5. The Hall–Kier alpha value is -1.52. The molecule has 5 nitrogen and oxygen atoms in total. The highest BCUT2D eigenvalue weighted by Gasteiger charge is 2.49. The minimum atomic E-state index is -0.442. The van der Waals surface area contributed by atoms with E-state index in [2.05, 4.69) is 15.2 Å². The highest BCUT2D eigenvalue weighted by atomic mass is 16.6. The van der Waals surface area contributed by atoms with Gasteiger partial charge < -0.3 is 4.74 Å². The average molecular weight is 235 g/mol. The van der Waals surface area contributed by atoms with E-state index in [0.717, 1.165) is 12.8 Å². The van der Waals surface area contributed by atoms with Gasteiger partial charge in [0.15, 0.2) is 5.82 Å². The molecule has 0 radical (unpaired) electrons. The maximum Gasteiger partial charge on any atom is 0.307 e. The van der Waals surface area contributed by atoms with Gasteiger partial charge in [0.1, 0.15) is 5.60 Å². The highest BCUT2D eigenvalue weighted by molar-refractivity contribution is 5.72. The highest BCUT2D eigenvalue weighted by Crippen LogP contribution is 2.49. The van der Waals surface area contributed by atoms with Gasteiger partial charge >= 0.3 is 5.97 Å². The van der Waals surface area contributed by atoms with Crippen molar-refractivity contribution in [3.8, 4) is 0 Å². The molecule has 1 aromatic rings. The largest absolute Gasteiger partial charge is 0.460 e. The first-order valence-corrected chi connectivity index (χ1v) is 5.77. The van der Waals surface area contributed by atoms with Crippen molar-refractivity contribution in [3.63, 3.8) is 0 Å². The number of carbonyl (C=O) groups is 1. The molecule has 1 aliphatic rings. The Labute approximate surface area is 101 Å². The monoisotopic (exact) mass is 235 g/mol. The van der Waals surface area contributed by atoms with E-state index in [1.165, 1.54) is 6.20 Å². The van der Waals surface area contributed by atoms with E-state index in [9.17, 15) is 4.79 Å². The normalized spacial score (nSPS) is 17.6. The summed E-state index contributed by atoms with van der Waals surface area (Å²) in [6.45, 7) is 5.60. The lowest BCUT2D eigenvalue weighted by molar-refractivity contribution is -0.155. The standard InChI is InChI=1S/C12H17N3O2/c1-11(2,3)17-9(16)8-12(4-5-12)10-13-6-7-14-15-10/h6-7H,4-5,8H2,1-3H3. The Morgan fingerprint density at radius 3 is 2.59 bits per heavy atom. The van der Waals surface area contributed by atoms with Crippen LogP contribution in [0.4, 0.5) is 0 Å². The summed E-state index contributed by atoms with van der Waals surface area (Å²) < 4.78 is 5.32. The number of carbonyl (C=O) groups excluding carboxylic acids is 1. The fourth-order valence-electron chi connectivity index (χ4n) is 1.77. The summed E-state index contributed by atoms with van der Waals surface area (Å²) in [7, 11) is 0. The second kappa shape index (κ2) is 4.05. The third-order valence-electron chi connectivity index (χ3n) is 2.71. The Morgan fingerprint density at radius 2 is 2.12 bits per heavy atom. The number of hydrogen-bond donors (Lipinski definition) is 0. The topological polar surface area (TPSA) is 65.0 Å². The second-order valence-corrected chi connectivity index (χ2v) is 5.51. The first-order valence-electron chi connectivity index (χ1n) is 5.77. The summed E-state index contributed by atoms with van der Waals surface area (Å²) >= 11 is 0. The molecule has 0 spiro atoms. The molecule has 0 unspecified atom stereocenters. The molecule has 1 aliphatic carbocycles. The lowest BCUT2D eigenvalue weighted by Gasteiger charge is -2.21. The Morgan fingerprint density at radius 1 is 1.41 bits per heavy atom. The Balaban J connectivity index is 2.02. The van der Waals surface area contributed by atoms with Crippen molar-refractivity contribution in [2.45, 2.75) is 51.0 Å². The number of esters is 1. The summed E-state index contributed by atoms with van der Waals surface area (Å²) in [6, 6.07) is 0. The fourth-order valence-corrected chi connectivity index (χ4v) is 1.77. The van der Waals surface area contributed by atoms with Crippen LogP contribution in [0.1, 0.15) is 45.9 Å². The number of rotatable bonds is 3. The van der Waals surface area contributed by atoms with Gasteiger partial charge in [-0.3, -0.25) is 4.79 Å². The van der Waals surface area contributed by atoms with Crippen LogP contribution >= 0.6 is 0 Å². The smallest absolute Gasteiger partial charge is 0.307 e. The third kappa shape index (κ3) is 2.99. The van der Waals surface area contributed by atoms with E-state index >= 15 is 0 Å². The van der Waals surface area contributed by atoms with E-state index in [-0.39, 0.29) is 11.4 Å². The molecule has 5 heteroatoms. The van der Waals surface area contributed by atoms with Crippen molar-refractivity contribution >= 4 is 5.97 Å². The summed E-state index contributed by atoms with van der Waals surface area (Å²) in [4.78, 5) is 16.0. The Kier molecular flexibility index (Phi) is 2.85. The molecule has 1 saturated carbocycles. The summed E-state index contributed by atoms with van der Waals surface area (Å²) in [5.74, 6) is 0.466. The molecule has 1 heterocycles. The van der Waals surface area contributed by atoms with E-state index in [4.69, 9.17) is 4.74 Å². The number of aromatic nitrogens is 3. The van der Waals surface area contributed by atoms with Gasteiger partial charge in [-0.25, -0.2) is 4.98 Å². The molecule has 17 heavy (non-hydrogen) atoms. The molecular formula is C12H17N3O2. The van der Waals surface area contributed by atoms with Crippen molar-refractivity contribution in [1.29, 1.82) is 0 Å². The molecule has 0 atom stereocenters.